The van der Waals surface area contributed by atoms with Crippen LogP contribution in [0.25, 0.3) is 0 Å². The Bertz CT molecular complexity index is 373. The first-order valence-electron chi connectivity index (χ1n) is 4.41. The Morgan fingerprint density at radius 3 is 2.93 bits per heavy atom. The Balaban J connectivity index is 2.33. The zero-order valence-electron chi connectivity index (χ0n) is 8.14. The SMILES string of the molecule is Cc1nnc2n1C[C@@H](C(=O)O)N(C)C2. The maximum absolute atomic E-state index is 10.9. The van der Waals surface area contributed by atoms with Crippen LogP contribution in [0.3, 0.4) is 0 Å². The van der Waals surface area contributed by atoms with Crippen LogP contribution < -0.4 is 0 Å². The van der Waals surface area contributed by atoms with Crippen molar-refractivity contribution in [3.8, 4) is 0 Å². The van der Waals surface area contributed by atoms with Crippen LogP contribution in [0.15, 0.2) is 0 Å². The minimum atomic E-state index is -0.800. The summed E-state index contributed by atoms with van der Waals surface area (Å²) in [5.41, 5.74) is 0. The summed E-state index contributed by atoms with van der Waals surface area (Å²) in [6, 6.07) is -0.475. The molecule has 0 aliphatic carbocycles. The van der Waals surface area contributed by atoms with Gasteiger partial charge in [0, 0.05) is 0 Å². The lowest BCUT2D eigenvalue weighted by atomic mass is 10.2. The van der Waals surface area contributed by atoms with Gasteiger partial charge in [0.25, 0.3) is 0 Å². The molecule has 1 aromatic heterocycles. The first-order valence-corrected chi connectivity index (χ1v) is 4.41. The Hall–Kier alpha value is -1.43. The summed E-state index contributed by atoms with van der Waals surface area (Å²) in [7, 11) is 1.78. The molecule has 1 aromatic rings. The van der Waals surface area contributed by atoms with Crippen molar-refractivity contribution in [2.75, 3.05) is 7.05 Å². The molecule has 1 aliphatic heterocycles. The molecule has 0 spiro atoms. The van der Waals surface area contributed by atoms with Crippen LogP contribution in [-0.2, 0) is 17.9 Å². The molecular weight excluding hydrogens is 184 g/mol. The van der Waals surface area contributed by atoms with E-state index in [1.807, 2.05) is 11.5 Å². The van der Waals surface area contributed by atoms with E-state index in [2.05, 4.69) is 10.2 Å². The van der Waals surface area contributed by atoms with Gasteiger partial charge in [-0.15, -0.1) is 10.2 Å². The van der Waals surface area contributed by atoms with Crippen molar-refractivity contribution >= 4 is 5.97 Å². The fourth-order valence-corrected chi connectivity index (χ4v) is 1.69. The maximum Gasteiger partial charge on any atom is 0.322 e. The van der Waals surface area contributed by atoms with Gasteiger partial charge < -0.3 is 9.67 Å². The number of carbonyl (C=O) groups is 1. The van der Waals surface area contributed by atoms with Gasteiger partial charge >= 0.3 is 5.97 Å². The third-order valence-electron chi connectivity index (χ3n) is 2.58. The molecule has 6 heteroatoms. The largest absolute Gasteiger partial charge is 0.480 e. The summed E-state index contributed by atoms with van der Waals surface area (Å²) >= 11 is 0. The molecule has 14 heavy (non-hydrogen) atoms. The number of aliphatic carboxylic acids is 1. The molecule has 0 bridgehead atoms. The van der Waals surface area contributed by atoms with Crippen LogP contribution in [0.2, 0.25) is 0 Å². The number of carboxylic acid groups (broad SMARTS) is 1. The van der Waals surface area contributed by atoms with E-state index >= 15 is 0 Å². The van der Waals surface area contributed by atoms with E-state index in [0.29, 0.717) is 13.1 Å². The number of nitrogens with zero attached hydrogens (tertiary/aromatic N) is 4. The molecule has 1 atom stereocenters. The van der Waals surface area contributed by atoms with Crippen LogP contribution in [-0.4, -0.2) is 43.8 Å². The van der Waals surface area contributed by atoms with Crippen LogP contribution in [0.1, 0.15) is 11.6 Å². The molecule has 0 radical (unpaired) electrons. The number of carboxylic acids is 1. The lowest BCUT2D eigenvalue weighted by Crippen LogP contribution is -2.45. The Labute approximate surface area is 81.2 Å². The van der Waals surface area contributed by atoms with Crippen molar-refractivity contribution in [1.82, 2.24) is 19.7 Å². The fraction of sp³-hybridized carbons (Fsp3) is 0.625. The highest BCUT2D eigenvalue weighted by atomic mass is 16.4. The summed E-state index contributed by atoms with van der Waals surface area (Å²) < 4.78 is 1.86. The third kappa shape index (κ3) is 1.27. The van der Waals surface area contributed by atoms with Gasteiger partial charge in [0.1, 0.15) is 17.7 Å². The molecule has 2 heterocycles. The molecule has 0 amide bonds. The van der Waals surface area contributed by atoms with E-state index in [1.54, 1.807) is 11.9 Å². The minimum Gasteiger partial charge on any atom is -0.480 e. The van der Waals surface area contributed by atoms with E-state index in [4.69, 9.17) is 5.11 Å². The monoisotopic (exact) mass is 196 g/mol. The van der Waals surface area contributed by atoms with Crippen molar-refractivity contribution in [2.24, 2.45) is 0 Å². The van der Waals surface area contributed by atoms with Gasteiger partial charge in [-0.3, -0.25) is 9.69 Å². The first kappa shape index (κ1) is 9.14. The predicted octanol–water partition coefficient (Wildman–Crippen LogP) is -0.515. The minimum absolute atomic E-state index is 0.431. The number of hydrogen-bond acceptors (Lipinski definition) is 4. The highest BCUT2D eigenvalue weighted by Gasteiger charge is 2.30. The van der Waals surface area contributed by atoms with E-state index in [9.17, 15) is 4.79 Å². The van der Waals surface area contributed by atoms with Crippen LogP contribution in [0, 0.1) is 6.92 Å². The average molecular weight is 196 g/mol. The van der Waals surface area contributed by atoms with Gasteiger partial charge in [-0.25, -0.2) is 0 Å². The summed E-state index contributed by atoms with van der Waals surface area (Å²) in [6.45, 7) is 2.80. The Morgan fingerprint density at radius 2 is 2.29 bits per heavy atom. The first-order chi connectivity index (χ1) is 6.59. The van der Waals surface area contributed by atoms with Gasteiger partial charge in [0.2, 0.25) is 0 Å². The molecule has 76 valence electrons. The molecule has 0 fully saturated rings. The maximum atomic E-state index is 10.9. The van der Waals surface area contributed by atoms with Crippen LogP contribution in [0.4, 0.5) is 0 Å². The van der Waals surface area contributed by atoms with Crippen molar-refractivity contribution < 1.29 is 9.90 Å². The molecule has 0 saturated heterocycles. The molecule has 1 N–H and O–H groups in total. The Morgan fingerprint density at radius 1 is 1.57 bits per heavy atom. The summed E-state index contributed by atoms with van der Waals surface area (Å²) in [6.07, 6.45) is 0. The van der Waals surface area contributed by atoms with Gasteiger partial charge in [-0.05, 0) is 14.0 Å². The van der Waals surface area contributed by atoms with E-state index in [0.717, 1.165) is 11.6 Å². The van der Waals surface area contributed by atoms with E-state index in [1.165, 1.54) is 0 Å². The van der Waals surface area contributed by atoms with Gasteiger partial charge in [0.15, 0.2) is 0 Å². The second kappa shape index (κ2) is 3.06. The standard InChI is InChI=1S/C8H12N4O2/c1-5-9-10-7-4-11(2)6(8(13)14)3-12(5)7/h6H,3-4H2,1-2H3,(H,13,14)/t6-/m0/s1. The van der Waals surface area contributed by atoms with Crippen molar-refractivity contribution in [3.63, 3.8) is 0 Å². The van der Waals surface area contributed by atoms with E-state index < -0.39 is 12.0 Å². The summed E-state index contributed by atoms with van der Waals surface area (Å²) in [4.78, 5) is 12.7. The molecule has 0 aromatic carbocycles. The smallest absolute Gasteiger partial charge is 0.322 e. The molecular formula is C8H12N4O2. The highest BCUT2D eigenvalue weighted by Crippen LogP contribution is 2.15. The summed E-state index contributed by atoms with van der Waals surface area (Å²) in [5, 5.41) is 16.9. The second-order valence-electron chi connectivity index (χ2n) is 3.54. The predicted molar refractivity (Wildman–Crippen MR) is 47.6 cm³/mol. The Kier molecular flexibility index (Phi) is 1.99. The van der Waals surface area contributed by atoms with E-state index in [-0.39, 0.29) is 0 Å². The lowest BCUT2D eigenvalue weighted by Gasteiger charge is -2.29. The highest BCUT2D eigenvalue weighted by molar-refractivity contribution is 5.73. The third-order valence-corrected chi connectivity index (χ3v) is 2.58. The normalized spacial score (nSPS) is 22.0. The van der Waals surface area contributed by atoms with Crippen molar-refractivity contribution in [3.05, 3.63) is 11.6 Å². The quantitative estimate of drug-likeness (QED) is 0.654. The molecule has 1 aliphatic rings. The average Bonchev–Trinajstić information content (AvgIpc) is 2.46. The van der Waals surface area contributed by atoms with Crippen LogP contribution in [0.5, 0.6) is 0 Å². The molecule has 0 saturated carbocycles. The zero-order chi connectivity index (χ0) is 10.3. The second-order valence-corrected chi connectivity index (χ2v) is 3.54. The number of rotatable bonds is 1. The number of likely N-dealkylation sites (N-methyl/N-ethyl adjacent to an activating group) is 1. The van der Waals surface area contributed by atoms with Crippen molar-refractivity contribution in [2.45, 2.75) is 26.1 Å². The number of aromatic nitrogens is 3. The van der Waals surface area contributed by atoms with Crippen molar-refractivity contribution in [1.29, 1.82) is 0 Å². The molecule has 6 nitrogen and oxygen atoms in total. The summed E-state index contributed by atoms with van der Waals surface area (Å²) in [5.74, 6) is 0.813. The molecule has 0 unspecified atom stereocenters. The number of hydrogen-bond donors (Lipinski definition) is 1. The van der Waals surface area contributed by atoms with Gasteiger partial charge in [-0.2, -0.15) is 0 Å². The topological polar surface area (TPSA) is 71.2 Å². The van der Waals surface area contributed by atoms with Gasteiger partial charge in [-0.1, -0.05) is 0 Å². The molecule has 2 rings (SSSR count). The number of aryl methyl sites for hydroxylation is 1. The van der Waals surface area contributed by atoms with Crippen LogP contribution >= 0.6 is 0 Å². The van der Waals surface area contributed by atoms with Gasteiger partial charge in [0.05, 0.1) is 13.1 Å². The number of fused-ring (bicyclic) bond motifs is 1. The fourth-order valence-electron chi connectivity index (χ4n) is 1.69. The zero-order valence-corrected chi connectivity index (χ0v) is 8.14. The lowest BCUT2D eigenvalue weighted by molar-refractivity contribution is -0.144.